The van der Waals surface area contributed by atoms with E-state index in [1.54, 1.807) is 14.0 Å². The average Bonchev–Trinajstić information content (AvgIpc) is 2.80. The molecule has 1 rings (SSSR count). The summed E-state index contributed by atoms with van der Waals surface area (Å²) in [6, 6.07) is -0.681. The van der Waals surface area contributed by atoms with Crippen LogP contribution in [0.25, 0.3) is 0 Å². The molecule has 94 valence electrons. The highest BCUT2D eigenvalue weighted by atomic mass is 16.5. The highest BCUT2D eigenvalue weighted by molar-refractivity contribution is 5.84. The molecule has 1 aromatic rings. The Kier molecular flexibility index (Phi) is 4.44. The maximum atomic E-state index is 11.8. The first kappa shape index (κ1) is 12.9. The Labute approximate surface area is 97.9 Å². The number of aromatic nitrogens is 2. The Hall–Kier alpha value is -2.12. The zero-order valence-electron chi connectivity index (χ0n) is 9.84. The van der Waals surface area contributed by atoms with E-state index in [1.807, 2.05) is 0 Å². The van der Waals surface area contributed by atoms with Crippen molar-refractivity contribution in [1.29, 1.82) is 0 Å². The molecule has 17 heavy (non-hydrogen) atoms. The van der Waals surface area contributed by atoms with E-state index in [-0.39, 0.29) is 12.5 Å². The molecule has 0 fully saturated rings. The van der Waals surface area contributed by atoms with Gasteiger partial charge >= 0.3 is 6.09 Å². The van der Waals surface area contributed by atoms with Gasteiger partial charge in [-0.25, -0.2) is 4.79 Å². The summed E-state index contributed by atoms with van der Waals surface area (Å²) in [5, 5.41) is 5.96. The molecule has 1 heterocycles. The fraction of sp³-hybridized carbons (Fsp3) is 0.556. The minimum atomic E-state index is -0.681. The predicted molar refractivity (Wildman–Crippen MR) is 55.8 cm³/mol. The van der Waals surface area contributed by atoms with E-state index in [0.29, 0.717) is 5.82 Å². The molecule has 0 aliphatic rings. The van der Waals surface area contributed by atoms with Crippen molar-refractivity contribution < 1.29 is 18.8 Å². The van der Waals surface area contributed by atoms with Gasteiger partial charge in [0.05, 0.1) is 13.7 Å². The number of methoxy groups -OCH3 is 1. The predicted octanol–water partition coefficient (Wildman–Crippen LogP) is -0.228. The van der Waals surface area contributed by atoms with Gasteiger partial charge in [-0.3, -0.25) is 4.79 Å². The molecule has 0 unspecified atom stereocenters. The van der Waals surface area contributed by atoms with Gasteiger partial charge in [-0.2, -0.15) is 4.98 Å². The van der Waals surface area contributed by atoms with Gasteiger partial charge in [0.2, 0.25) is 12.3 Å². The molecule has 0 saturated heterocycles. The highest BCUT2D eigenvalue weighted by Crippen LogP contribution is 1.99. The van der Waals surface area contributed by atoms with E-state index in [1.165, 1.54) is 18.4 Å². The zero-order chi connectivity index (χ0) is 12.8. The molecule has 0 radical (unpaired) electrons. The summed E-state index contributed by atoms with van der Waals surface area (Å²) >= 11 is 0. The standard InChI is InChI=1S/C9H14N4O4/c1-6(11-9(15)16-3)8(14)13(2)4-7-10-5-17-12-7/h5-6H,4H2,1-3H3,(H,11,15)/t6-/m1/s1. The molecule has 1 atom stereocenters. The van der Waals surface area contributed by atoms with Crippen LogP contribution in [0.2, 0.25) is 0 Å². The fourth-order valence-electron chi connectivity index (χ4n) is 1.18. The minimum Gasteiger partial charge on any atom is -0.453 e. The number of rotatable bonds is 4. The summed E-state index contributed by atoms with van der Waals surface area (Å²) in [5.41, 5.74) is 0. The summed E-state index contributed by atoms with van der Waals surface area (Å²) in [5.74, 6) is 0.117. The number of hydrogen-bond donors (Lipinski definition) is 1. The summed E-state index contributed by atoms with van der Waals surface area (Å²) < 4.78 is 8.94. The molecule has 1 aromatic heterocycles. The number of amides is 2. The van der Waals surface area contributed by atoms with Gasteiger partial charge in [-0.1, -0.05) is 5.16 Å². The van der Waals surface area contributed by atoms with Crippen LogP contribution in [0.15, 0.2) is 10.9 Å². The lowest BCUT2D eigenvalue weighted by atomic mass is 10.3. The van der Waals surface area contributed by atoms with Crippen molar-refractivity contribution >= 4 is 12.0 Å². The fourth-order valence-corrected chi connectivity index (χ4v) is 1.18. The van der Waals surface area contributed by atoms with Crippen LogP contribution < -0.4 is 5.32 Å². The van der Waals surface area contributed by atoms with E-state index < -0.39 is 12.1 Å². The summed E-state index contributed by atoms with van der Waals surface area (Å²) in [6.07, 6.45) is 0.530. The average molecular weight is 242 g/mol. The Morgan fingerprint density at radius 1 is 1.65 bits per heavy atom. The monoisotopic (exact) mass is 242 g/mol. The molecule has 8 heteroatoms. The first-order valence-electron chi connectivity index (χ1n) is 4.89. The molecular formula is C9H14N4O4. The molecule has 8 nitrogen and oxygen atoms in total. The first-order chi connectivity index (χ1) is 8.04. The smallest absolute Gasteiger partial charge is 0.407 e. The van der Waals surface area contributed by atoms with E-state index in [0.717, 1.165) is 0 Å². The molecule has 1 N–H and O–H groups in total. The summed E-state index contributed by atoms with van der Waals surface area (Å²) in [7, 11) is 2.81. The molecule has 0 saturated carbocycles. The number of hydrogen-bond acceptors (Lipinski definition) is 6. The maximum absolute atomic E-state index is 11.8. The number of ether oxygens (including phenoxy) is 1. The number of carbonyl (C=O) groups excluding carboxylic acids is 2. The first-order valence-corrected chi connectivity index (χ1v) is 4.89. The van der Waals surface area contributed by atoms with Gasteiger partial charge in [0.1, 0.15) is 6.04 Å². The van der Waals surface area contributed by atoms with E-state index in [9.17, 15) is 9.59 Å². The second-order valence-corrected chi connectivity index (χ2v) is 3.40. The van der Waals surface area contributed by atoms with Crippen molar-refractivity contribution in [2.24, 2.45) is 0 Å². The van der Waals surface area contributed by atoms with Crippen molar-refractivity contribution in [2.45, 2.75) is 19.5 Å². The van der Waals surface area contributed by atoms with E-state index in [4.69, 9.17) is 0 Å². The normalized spacial score (nSPS) is 11.7. The third-order valence-corrected chi connectivity index (χ3v) is 2.05. The van der Waals surface area contributed by atoms with Crippen LogP contribution in [0.5, 0.6) is 0 Å². The minimum absolute atomic E-state index is 0.211. The van der Waals surface area contributed by atoms with E-state index in [2.05, 4.69) is 24.7 Å². The molecule has 0 aliphatic carbocycles. The Morgan fingerprint density at radius 3 is 2.88 bits per heavy atom. The number of nitrogens with one attached hydrogen (secondary N) is 1. The van der Waals surface area contributed by atoms with Crippen LogP contribution >= 0.6 is 0 Å². The van der Waals surface area contributed by atoms with Crippen LogP contribution in [0, 0.1) is 0 Å². The van der Waals surface area contributed by atoms with Crippen molar-refractivity contribution in [2.75, 3.05) is 14.2 Å². The highest BCUT2D eigenvalue weighted by Gasteiger charge is 2.20. The maximum Gasteiger partial charge on any atom is 0.407 e. The summed E-state index contributed by atoms with van der Waals surface area (Å²) in [4.78, 5) is 27.9. The quantitative estimate of drug-likeness (QED) is 0.783. The molecule has 0 bridgehead atoms. The lowest BCUT2D eigenvalue weighted by Crippen LogP contribution is -2.45. The molecule has 0 spiro atoms. The molecule has 2 amide bonds. The Morgan fingerprint density at radius 2 is 2.35 bits per heavy atom. The second kappa shape index (κ2) is 5.83. The van der Waals surface area contributed by atoms with Crippen LogP contribution in [0.1, 0.15) is 12.7 Å². The van der Waals surface area contributed by atoms with Gasteiger partial charge in [0.15, 0.2) is 5.82 Å². The largest absolute Gasteiger partial charge is 0.453 e. The number of alkyl carbamates (subject to hydrolysis) is 1. The van der Waals surface area contributed by atoms with E-state index >= 15 is 0 Å². The van der Waals surface area contributed by atoms with Crippen LogP contribution in [-0.4, -0.2) is 47.2 Å². The SMILES string of the molecule is COC(=O)N[C@H](C)C(=O)N(C)Cc1ncon1. The van der Waals surface area contributed by atoms with Crippen molar-refractivity contribution in [1.82, 2.24) is 20.4 Å². The molecule has 0 aliphatic heterocycles. The molecule has 0 aromatic carbocycles. The van der Waals surface area contributed by atoms with Gasteiger partial charge < -0.3 is 19.5 Å². The van der Waals surface area contributed by atoms with Crippen LogP contribution in [0.4, 0.5) is 4.79 Å². The number of likely N-dealkylation sites (N-methyl/N-ethyl adjacent to an activating group) is 1. The topological polar surface area (TPSA) is 97.6 Å². The van der Waals surface area contributed by atoms with Gasteiger partial charge in [-0.05, 0) is 6.92 Å². The van der Waals surface area contributed by atoms with Crippen molar-refractivity contribution in [3.05, 3.63) is 12.2 Å². The van der Waals surface area contributed by atoms with Crippen LogP contribution in [0.3, 0.4) is 0 Å². The molecular weight excluding hydrogens is 228 g/mol. The van der Waals surface area contributed by atoms with Gasteiger partial charge in [-0.15, -0.1) is 0 Å². The third-order valence-electron chi connectivity index (χ3n) is 2.05. The third kappa shape index (κ3) is 3.74. The Bertz CT molecular complexity index is 378. The van der Waals surface area contributed by atoms with Crippen molar-refractivity contribution in [3.63, 3.8) is 0 Å². The van der Waals surface area contributed by atoms with Crippen LogP contribution in [-0.2, 0) is 16.1 Å². The van der Waals surface area contributed by atoms with Gasteiger partial charge in [0.25, 0.3) is 0 Å². The lowest BCUT2D eigenvalue weighted by Gasteiger charge is -2.20. The lowest BCUT2D eigenvalue weighted by molar-refractivity contribution is -0.132. The Balaban J connectivity index is 2.48. The summed E-state index contributed by atoms with van der Waals surface area (Å²) in [6.45, 7) is 1.77. The number of nitrogens with zero attached hydrogens (tertiary/aromatic N) is 3. The van der Waals surface area contributed by atoms with Crippen molar-refractivity contribution in [3.8, 4) is 0 Å². The number of carbonyl (C=O) groups is 2. The zero-order valence-corrected chi connectivity index (χ0v) is 9.84. The second-order valence-electron chi connectivity index (χ2n) is 3.40. The van der Waals surface area contributed by atoms with Gasteiger partial charge in [0, 0.05) is 7.05 Å².